The molecule has 1 aliphatic rings. The number of piperidine rings is 1. The van der Waals surface area contributed by atoms with Crippen molar-refractivity contribution in [3.63, 3.8) is 0 Å². The largest absolute Gasteiger partial charge is 0.481 e. The molecule has 21 heavy (non-hydrogen) atoms. The zero-order valence-electron chi connectivity index (χ0n) is 12.2. The van der Waals surface area contributed by atoms with Gasteiger partial charge >= 0.3 is 16.2 Å². The highest BCUT2D eigenvalue weighted by molar-refractivity contribution is 7.90. The van der Waals surface area contributed by atoms with E-state index in [1.165, 1.54) is 15.7 Å². The molecule has 0 radical (unpaired) electrons. The van der Waals surface area contributed by atoms with Crippen molar-refractivity contribution in [2.75, 3.05) is 24.4 Å². The maximum absolute atomic E-state index is 12.6. The average molecular weight is 312 g/mol. The third-order valence-corrected chi connectivity index (χ3v) is 5.84. The number of rotatable bonds is 4. The van der Waals surface area contributed by atoms with Crippen LogP contribution in [0, 0.1) is 12.8 Å². The fourth-order valence-corrected chi connectivity index (χ4v) is 4.02. The number of nitrogens with zero attached hydrogens (tertiary/aromatic N) is 2. The highest BCUT2D eigenvalue weighted by Gasteiger charge is 2.33. The standard InChI is InChI=1S/C14H20N2O4S/c1-11-5-3-4-6-13(11)15(2)21(19,20)16-9-7-12(8-10-16)14(17)18/h3-6,12H,7-10H2,1-2H3,(H,17,18). The lowest BCUT2D eigenvalue weighted by atomic mass is 9.99. The second-order valence-corrected chi connectivity index (χ2v) is 7.23. The van der Waals surface area contributed by atoms with Gasteiger partial charge in [-0.2, -0.15) is 12.7 Å². The van der Waals surface area contributed by atoms with Crippen LogP contribution in [0.3, 0.4) is 0 Å². The lowest BCUT2D eigenvalue weighted by Crippen LogP contribution is -2.46. The van der Waals surface area contributed by atoms with Crippen LogP contribution < -0.4 is 4.31 Å². The average Bonchev–Trinajstić information content (AvgIpc) is 2.47. The van der Waals surface area contributed by atoms with E-state index in [4.69, 9.17) is 5.11 Å². The molecule has 1 heterocycles. The van der Waals surface area contributed by atoms with Crippen LogP contribution in [-0.2, 0) is 15.0 Å². The van der Waals surface area contributed by atoms with E-state index in [1.807, 2.05) is 19.1 Å². The summed E-state index contributed by atoms with van der Waals surface area (Å²) in [4.78, 5) is 10.9. The van der Waals surface area contributed by atoms with Crippen molar-refractivity contribution in [3.05, 3.63) is 29.8 Å². The molecule has 0 saturated carbocycles. The molecular weight excluding hydrogens is 292 g/mol. The van der Waals surface area contributed by atoms with Gasteiger partial charge < -0.3 is 5.11 Å². The van der Waals surface area contributed by atoms with E-state index < -0.39 is 22.1 Å². The summed E-state index contributed by atoms with van der Waals surface area (Å²) >= 11 is 0. The smallest absolute Gasteiger partial charge is 0.306 e. The van der Waals surface area contributed by atoms with Gasteiger partial charge in [0.25, 0.3) is 0 Å². The van der Waals surface area contributed by atoms with Gasteiger partial charge in [0.15, 0.2) is 0 Å². The minimum absolute atomic E-state index is 0.246. The van der Waals surface area contributed by atoms with Gasteiger partial charge in [-0.1, -0.05) is 18.2 Å². The number of hydrogen-bond acceptors (Lipinski definition) is 3. The second kappa shape index (κ2) is 6.03. The van der Waals surface area contributed by atoms with Crippen molar-refractivity contribution >= 4 is 21.9 Å². The van der Waals surface area contributed by atoms with Crippen molar-refractivity contribution in [1.29, 1.82) is 0 Å². The first kappa shape index (κ1) is 15.8. The molecule has 2 rings (SSSR count). The Hall–Kier alpha value is -1.60. The number of carboxylic acids is 1. The summed E-state index contributed by atoms with van der Waals surface area (Å²) in [6.07, 6.45) is 0.715. The van der Waals surface area contributed by atoms with Crippen LogP contribution in [0.25, 0.3) is 0 Å². The van der Waals surface area contributed by atoms with Gasteiger partial charge in [0.05, 0.1) is 11.6 Å². The van der Waals surface area contributed by atoms with E-state index in [1.54, 1.807) is 12.1 Å². The van der Waals surface area contributed by atoms with E-state index in [2.05, 4.69) is 0 Å². The fourth-order valence-electron chi connectivity index (χ4n) is 2.55. The molecular formula is C14H20N2O4S. The zero-order chi connectivity index (χ0) is 15.6. The van der Waals surface area contributed by atoms with Crippen LogP contribution in [0.2, 0.25) is 0 Å². The Morgan fingerprint density at radius 1 is 1.29 bits per heavy atom. The Bertz CT molecular complexity index is 622. The molecule has 0 amide bonds. The van der Waals surface area contributed by atoms with Gasteiger partial charge in [-0.05, 0) is 31.4 Å². The van der Waals surface area contributed by atoms with Crippen LogP contribution in [-0.4, -0.2) is 43.9 Å². The maximum Gasteiger partial charge on any atom is 0.306 e. The molecule has 0 bridgehead atoms. The first-order chi connectivity index (χ1) is 9.84. The van der Waals surface area contributed by atoms with E-state index in [9.17, 15) is 13.2 Å². The Balaban J connectivity index is 2.16. The molecule has 1 aromatic carbocycles. The number of carbonyl (C=O) groups is 1. The van der Waals surface area contributed by atoms with E-state index in [0.717, 1.165) is 5.56 Å². The molecule has 0 aliphatic carbocycles. The molecule has 0 unspecified atom stereocenters. The lowest BCUT2D eigenvalue weighted by molar-refractivity contribution is -0.142. The first-order valence-corrected chi connectivity index (χ1v) is 8.26. The normalized spacial score (nSPS) is 17.6. The van der Waals surface area contributed by atoms with Gasteiger partial charge in [0.2, 0.25) is 0 Å². The molecule has 1 fully saturated rings. The predicted molar refractivity (Wildman–Crippen MR) is 80.4 cm³/mol. The monoisotopic (exact) mass is 312 g/mol. The summed E-state index contributed by atoms with van der Waals surface area (Å²) in [6.45, 7) is 2.35. The Morgan fingerprint density at radius 2 is 1.86 bits per heavy atom. The maximum atomic E-state index is 12.6. The van der Waals surface area contributed by atoms with Crippen LogP contribution >= 0.6 is 0 Å². The van der Waals surface area contributed by atoms with E-state index >= 15 is 0 Å². The summed E-state index contributed by atoms with van der Waals surface area (Å²) in [5.41, 5.74) is 1.52. The number of hydrogen-bond donors (Lipinski definition) is 1. The number of benzene rings is 1. The Kier molecular flexibility index (Phi) is 4.53. The van der Waals surface area contributed by atoms with E-state index in [0.29, 0.717) is 18.5 Å². The molecule has 0 spiro atoms. The number of aryl methyl sites for hydroxylation is 1. The van der Waals surface area contributed by atoms with Gasteiger partial charge in [0.1, 0.15) is 0 Å². The third-order valence-electron chi connectivity index (χ3n) is 3.93. The van der Waals surface area contributed by atoms with Crippen LogP contribution in [0.5, 0.6) is 0 Å². The van der Waals surface area contributed by atoms with Crippen molar-refractivity contribution in [3.8, 4) is 0 Å². The highest BCUT2D eigenvalue weighted by Crippen LogP contribution is 2.26. The van der Waals surface area contributed by atoms with Crippen LogP contribution in [0.4, 0.5) is 5.69 Å². The number of anilines is 1. The van der Waals surface area contributed by atoms with Crippen molar-refractivity contribution in [2.24, 2.45) is 5.92 Å². The molecule has 116 valence electrons. The second-order valence-electron chi connectivity index (χ2n) is 5.27. The minimum atomic E-state index is -3.61. The minimum Gasteiger partial charge on any atom is -0.481 e. The number of carboxylic acid groups (broad SMARTS) is 1. The van der Waals surface area contributed by atoms with Crippen molar-refractivity contribution in [1.82, 2.24) is 4.31 Å². The molecule has 1 N–H and O–H groups in total. The third kappa shape index (κ3) is 3.19. The first-order valence-electron chi connectivity index (χ1n) is 6.86. The molecule has 0 atom stereocenters. The fraction of sp³-hybridized carbons (Fsp3) is 0.500. The lowest BCUT2D eigenvalue weighted by Gasteiger charge is -2.33. The quantitative estimate of drug-likeness (QED) is 0.913. The highest BCUT2D eigenvalue weighted by atomic mass is 32.2. The molecule has 1 aliphatic heterocycles. The zero-order valence-corrected chi connectivity index (χ0v) is 13.0. The summed E-state index contributed by atoms with van der Waals surface area (Å²) < 4.78 is 27.9. The van der Waals surface area contributed by atoms with Gasteiger partial charge in [-0.3, -0.25) is 9.10 Å². The number of para-hydroxylation sites is 1. The molecule has 0 aromatic heterocycles. The van der Waals surface area contributed by atoms with Gasteiger partial charge in [0, 0.05) is 20.1 Å². The van der Waals surface area contributed by atoms with Crippen molar-refractivity contribution < 1.29 is 18.3 Å². The Morgan fingerprint density at radius 3 is 2.38 bits per heavy atom. The summed E-state index contributed by atoms with van der Waals surface area (Å²) in [7, 11) is -2.08. The summed E-state index contributed by atoms with van der Waals surface area (Å²) in [5.74, 6) is -1.29. The predicted octanol–water partition coefficient (Wildman–Crippen LogP) is 1.47. The van der Waals surface area contributed by atoms with Gasteiger partial charge in [-0.25, -0.2) is 0 Å². The van der Waals surface area contributed by atoms with Crippen LogP contribution in [0.15, 0.2) is 24.3 Å². The topological polar surface area (TPSA) is 77.9 Å². The molecule has 1 aromatic rings. The molecule has 6 nitrogen and oxygen atoms in total. The SMILES string of the molecule is Cc1ccccc1N(C)S(=O)(=O)N1CCC(C(=O)O)CC1. The Labute approximate surface area is 125 Å². The summed E-state index contributed by atoms with van der Waals surface area (Å²) in [5, 5.41) is 8.97. The summed E-state index contributed by atoms with van der Waals surface area (Å²) in [6, 6.07) is 7.28. The van der Waals surface area contributed by atoms with Gasteiger partial charge in [-0.15, -0.1) is 0 Å². The molecule has 7 heteroatoms. The van der Waals surface area contributed by atoms with Crippen molar-refractivity contribution in [2.45, 2.75) is 19.8 Å². The molecule has 1 saturated heterocycles. The van der Waals surface area contributed by atoms with E-state index in [-0.39, 0.29) is 13.1 Å². The van der Waals surface area contributed by atoms with Crippen LogP contribution in [0.1, 0.15) is 18.4 Å². The number of aliphatic carboxylic acids is 1.